The Morgan fingerprint density at radius 3 is 2.43 bits per heavy atom. The number of phenols is 2. The quantitative estimate of drug-likeness (QED) is 0.631. The van der Waals surface area contributed by atoms with Crippen molar-refractivity contribution in [3.63, 3.8) is 0 Å². The Labute approximate surface area is 79.2 Å². The van der Waals surface area contributed by atoms with Crippen LogP contribution in [0.2, 0.25) is 0 Å². The number of carbonyl (C=O) groups is 1. The molecule has 0 radical (unpaired) electrons. The van der Waals surface area contributed by atoms with Crippen LogP contribution in [-0.2, 0) is 4.79 Å². The molecule has 0 bridgehead atoms. The minimum absolute atomic E-state index is 0.0172. The molecule has 0 amide bonds. The second kappa shape index (κ2) is 3.53. The van der Waals surface area contributed by atoms with Crippen molar-refractivity contribution in [2.24, 2.45) is 0 Å². The Morgan fingerprint density at radius 2 is 1.93 bits per heavy atom. The zero-order valence-electron chi connectivity index (χ0n) is 7.36. The minimum atomic E-state index is -1.16. The van der Waals surface area contributed by atoms with Gasteiger partial charge in [0, 0.05) is 5.56 Å². The van der Waals surface area contributed by atoms with Gasteiger partial charge < -0.3 is 15.3 Å². The lowest BCUT2D eigenvalue weighted by Crippen LogP contribution is -2.07. The second-order valence-corrected chi connectivity index (χ2v) is 2.89. The van der Waals surface area contributed by atoms with Crippen molar-refractivity contribution in [1.82, 2.24) is 0 Å². The zero-order valence-corrected chi connectivity index (χ0v) is 7.36. The van der Waals surface area contributed by atoms with E-state index in [1.807, 2.05) is 0 Å². The summed E-state index contributed by atoms with van der Waals surface area (Å²) in [6.07, 6.45) is 0. The zero-order chi connectivity index (χ0) is 10.9. The molecule has 1 aromatic rings. The number of hydrogen-bond acceptors (Lipinski definition) is 3. The first-order chi connectivity index (χ1) is 6.45. The van der Waals surface area contributed by atoms with Gasteiger partial charge in [0.05, 0.1) is 5.92 Å². The minimum Gasteiger partial charge on any atom is -0.504 e. The third-order valence-corrected chi connectivity index (χ3v) is 1.97. The summed E-state index contributed by atoms with van der Waals surface area (Å²) in [6, 6.07) is 2.03. The van der Waals surface area contributed by atoms with E-state index in [9.17, 15) is 14.3 Å². The number of carboxylic acid groups (broad SMARTS) is 1. The fraction of sp³-hybridized carbons (Fsp3) is 0.222. The van der Waals surface area contributed by atoms with E-state index in [0.717, 1.165) is 12.1 Å². The van der Waals surface area contributed by atoms with Gasteiger partial charge in [-0.3, -0.25) is 4.79 Å². The lowest BCUT2D eigenvalue weighted by atomic mass is 10.00. The number of benzene rings is 1. The highest BCUT2D eigenvalue weighted by molar-refractivity contribution is 5.77. The normalized spacial score (nSPS) is 12.4. The molecule has 0 fully saturated rings. The van der Waals surface area contributed by atoms with Crippen molar-refractivity contribution in [2.45, 2.75) is 12.8 Å². The Kier molecular flexibility index (Phi) is 2.60. The van der Waals surface area contributed by atoms with Crippen LogP contribution in [0.5, 0.6) is 11.5 Å². The predicted octanol–water partition coefficient (Wildman–Crippen LogP) is 1.43. The maximum atomic E-state index is 12.7. The summed E-state index contributed by atoms with van der Waals surface area (Å²) in [5, 5.41) is 26.9. The summed E-state index contributed by atoms with van der Waals surface area (Å²) >= 11 is 0. The van der Waals surface area contributed by atoms with Gasteiger partial charge in [-0.1, -0.05) is 6.07 Å². The van der Waals surface area contributed by atoms with Gasteiger partial charge in [0.2, 0.25) is 0 Å². The van der Waals surface area contributed by atoms with Crippen LogP contribution in [0.1, 0.15) is 18.4 Å². The molecule has 4 nitrogen and oxygen atoms in total. The SMILES string of the molecule is CC(C(=O)O)c1ccc(F)c(O)c1O. The van der Waals surface area contributed by atoms with Crippen LogP contribution in [0, 0.1) is 5.82 Å². The van der Waals surface area contributed by atoms with Crippen LogP contribution in [-0.4, -0.2) is 21.3 Å². The molecule has 0 saturated heterocycles. The van der Waals surface area contributed by atoms with Crippen molar-refractivity contribution in [3.8, 4) is 11.5 Å². The van der Waals surface area contributed by atoms with Crippen molar-refractivity contribution in [2.75, 3.05) is 0 Å². The molecule has 0 aliphatic carbocycles. The molecule has 5 heteroatoms. The molecule has 14 heavy (non-hydrogen) atoms. The molecule has 1 aromatic carbocycles. The number of aromatic hydroxyl groups is 2. The molecular weight excluding hydrogens is 191 g/mol. The van der Waals surface area contributed by atoms with Crippen LogP contribution in [0.15, 0.2) is 12.1 Å². The first-order valence-electron chi connectivity index (χ1n) is 3.88. The summed E-state index contributed by atoms with van der Waals surface area (Å²) in [7, 11) is 0. The average molecular weight is 200 g/mol. The van der Waals surface area contributed by atoms with Crippen molar-refractivity contribution in [3.05, 3.63) is 23.5 Å². The number of aliphatic carboxylic acids is 1. The van der Waals surface area contributed by atoms with Gasteiger partial charge in [0.15, 0.2) is 17.3 Å². The topological polar surface area (TPSA) is 77.8 Å². The smallest absolute Gasteiger partial charge is 0.310 e. The van der Waals surface area contributed by atoms with Gasteiger partial charge >= 0.3 is 5.97 Å². The van der Waals surface area contributed by atoms with Gasteiger partial charge in [0.25, 0.3) is 0 Å². The van der Waals surface area contributed by atoms with E-state index >= 15 is 0 Å². The van der Waals surface area contributed by atoms with Crippen LogP contribution in [0.3, 0.4) is 0 Å². The van der Waals surface area contributed by atoms with Crippen LogP contribution in [0.4, 0.5) is 4.39 Å². The molecule has 1 rings (SSSR count). The largest absolute Gasteiger partial charge is 0.504 e. The summed E-state index contributed by atoms with van der Waals surface area (Å²) in [5.41, 5.74) is -0.0172. The monoisotopic (exact) mass is 200 g/mol. The van der Waals surface area contributed by atoms with E-state index in [-0.39, 0.29) is 5.56 Å². The molecule has 76 valence electrons. The molecule has 0 aliphatic rings. The predicted molar refractivity (Wildman–Crippen MR) is 45.8 cm³/mol. The fourth-order valence-electron chi connectivity index (χ4n) is 1.05. The number of phenolic OH excluding ortho intramolecular Hbond substituents is 2. The Balaban J connectivity index is 3.24. The first-order valence-corrected chi connectivity index (χ1v) is 3.88. The van der Waals surface area contributed by atoms with Gasteiger partial charge in [-0.2, -0.15) is 0 Å². The highest BCUT2D eigenvalue weighted by Crippen LogP contribution is 2.35. The summed E-state index contributed by atoms with van der Waals surface area (Å²) in [5.74, 6) is -4.79. The molecule has 0 heterocycles. The lowest BCUT2D eigenvalue weighted by molar-refractivity contribution is -0.138. The van der Waals surface area contributed by atoms with E-state index in [1.54, 1.807) is 0 Å². The van der Waals surface area contributed by atoms with Gasteiger partial charge in [0.1, 0.15) is 0 Å². The van der Waals surface area contributed by atoms with Crippen molar-refractivity contribution >= 4 is 5.97 Å². The standard InChI is InChI=1S/C9H9FO4/c1-4(9(13)14)5-2-3-6(10)8(12)7(5)11/h2-4,11-12H,1H3,(H,13,14). The average Bonchev–Trinajstić information content (AvgIpc) is 2.13. The van der Waals surface area contributed by atoms with Gasteiger partial charge in [-0.15, -0.1) is 0 Å². The number of rotatable bonds is 2. The first kappa shape index (κ1) is 10.3. The molecule has 0 spiro atoms. The Bertz CT molecular complexity index is 375. The molecular formula is C9H9FO4. The fourth-order valence-corrected chi connectivity index (χ4v) is 1.05. The third kappa shape index (κ3) is 1.61. The number of hydrogen-bond donors (Lipinski definition) is 3. The Morgan fingerprint density at radius 1 is 1.36 bits per heavy atom. The lowest BCUT2D eigenvalue weighted by Gasteiger charge is -2.10. The van der Waals surface area contributed by atoms with Crippen molar-refractivity contribution in [1.29, 1.82) is 0 Å². The highest BCUT2D eigenvalue weighted by Gasteiger charge is 2.21. The van der Waals surface area contributed by atoms with Crippen LogP contribution < -0.4 is 0 Å². The van der Waals surface area contributed by atoms with Gasteiger partial charge in [-0.05, 0) is 13.0 Å². The van der Waals surface area contributed by atoms with Crippen LogP contribution >= 0.6 is 0 Å². The number of carboxylic acids is 1. The molecule has 3 N–H and O–H groups in total. The maximum absolute atomic E-state index is 12.7. The van der Waals surface area contributed by atoms with Gasteiger partial charge in [-0.25, -0.2) is 4.39 Å². The molecule has 1 unspecified atom stereocenters. The Hall–Kier alpha value is -1.78. The van der Waals surface area contributed by atoms with E-state index in [0.29, 0.717) is 0 Å². The van der Waals surface area contributed by atoms with E-state index in [2.05, 4.69) is 0 Å². The maximum Gasteiger partial charge on any atom is 0.310 e. The molecule has 0 saturated carbocycles. The van der Waals surface area contributed by atoms with Crippen molar-refractivity contribution < 1.29 is 24.5 Å². The highest BCUT2D eigenvalue weighted by atomic mass is 19.1. The third-order valence-electron chi connectivity index (χ3n) is 1.97. The van der Waals surface area contributed by atoms with Crippen LogP contribution in [0.25, 0.3) is 0 Å². The van der Waals surface area contributed by atoms with E-state index in [1.165, 1.54) is 6.92 Å². The summed E-state index contributed by atoms with van der Waals surface area (Å²) < 4.78 is 12.7. The molecule has 0 aliphatic heterocycles. The second-order valence-electron chi connectivity index (χ2n) is 2.89. The summed E-state index contributed by atoms with van der Waals surface area (Å²) in [4.78, 5) is 10.6. The van der Waals surface area contributed by atoms with E-state index in [4.69, 9.17) is 10.2 Å². The summed E-state index contributed by atoms with van der Waals surface area (Å²) in [6.45, 7) is 1.33. The molecule has 1 atom stereocenters. The number of halogens is 1. The van der Waals surface area contributed by atoms with E-state index < -0.39 is 29.2 Å². The molecule has 0 aromatic heterocycles.